The zero-order chi connectivity index (χ0) is 31.4. The summed E-state index contributed by atoms with van der Waals surface area (Å²) in [6, 6.07) is 8.25. The molecule has 0 bridgehead atoms. The third-order valence-electron chi connectivity index (χ3n) is 8.92. The molecule has 0 heterocycles. The van der Waals surface area contributed by atoms with Crippen molar-refractivity contribution in [1.29, 1.82) is 0 Å². The van der Waals surface area contributed by atoms with Gasteiger partial charge in [-0.25, -0.2) is 8.42 Å². The van der Waals surface area contributed by atoms with E-state index in [-0.39, 0.29) is 45.1 Å². The highest BCUT2D eigenvalue weighted by Crippen LogP contribution is 2.41. The van der Waals surface area contributed by atoms with Crippen LogP contribution in [0.3, 0.4) is 0 Å². The molecule has 0 radical (unpaired) electrons. The van der Waals surface area contributed by atoms with E-state index >= 15 is 0 Å². The van der Waals surface area contributed by atoms with Gasteiger partial charge in [-0.15, -0.1) is 0 Å². The SMILES string of the molecule is C[C@@H](O[Si](C)(C)C(C)(C)C)[C@@H](C[C@@H](O)CCCC(=O)C(C)(C)CS(=O)(=O)c1ccccc1)O[Si](C)(C)C(C)(C)C. The van der Waals surface area contributed by atoms with Crippen molar-refractivity contribution >= 4 is 32.3 Å². The Morgan fingerprint density at radius 2 is 1.35 bits per heavy atom. The first-order valence-corrected chi connectivity index (χ1v) is 22.1. The smallest absolute Gasteiger partial charge is 0.192 e. The number of benzene rings is 1. The van der Waals surface area contributed by atoms with Gasteiger partial charge in [-0.05, 0) is 68.2 Å². The Morgan fingerprint density at radius 1 is 0.875 bits per heavy atom. The molecule has 0 aliphatic rings. The number of aliphatic hydroxyl groups is 1. The van der Waals surface area contributed by atoms with Crippen LogP contribution < -0.4 is 0 Å². The third kappa shape index (κ3) is 10.8. The summed E-state index contributed by atoms with van der Waals surface area (Å²) in [4.78, 5) is 13.3. The van der Waals surface area contributed by atoms with Crippen LogP contribution in [0.1, 0.15) is 88.0 Å². The number of rotatable bonds is 15. The fraction of sp³-hybridized carbons (Fsp3) is 0.774. The Kier molecular flexibility index (Phi) is 12.7. The minimum absolute atomic E-state index is 0.0188. The average molecular weight is 615 g/mol. The standard InChI is InChI=1S/C31H58O6SSi2/c1-24(36-39(10,11)29(2,3)4)27(37-40(12,13)30(5,6)7)22-25(32)18-17-21-28(33)31(8,9)23-38(34,35)26-19-15-14-16-20-26/h14-16,19-20,24-25,27,32H,17-18,21-23H2,1-13H3/t24-,25+,27-/m1/s1. The van der Waals surface area contributed by atoms with Crippen LogP contribution in [0.4, 0.5) is 0 Å². The first-order chi connectivity index (χ1) is 17.8. The molecule has 0 saturated carbocycles. The van der Waals surface area contributed by atoms with Crippen LogP contribution in [0.2, 0.25) is 36.3 Å². The van der Waals surface area contributed by atoms with Crippen molar-refractivity contribution in [3.8, 4) is 0 Å². The molecule has 6 nitrogen and oxygen atoms in total. The largest absolute Gasteiger partial charge is 0.412 e. The molecular formula is C31H58O6SSi2. The van der Waals surface area contributed by atoms with Crippen molar-refractivity contribution in [2.45, 2.75) is 147 Å². The van der Waals surface area contributed by atoms with Crippen molar-refractivity contribution in [2.75, 3.05) is 5.75 Å². The maximum Gasteiger partial charge on any atom is 0.192 e. The summed E-state index contributed by atoms with van der Waals surface area (Å²) in [6.07, 6.45) is 0.502. The summed E-state index contributed by atoms with van der Waals surface area (Å²) in [7, 11) is -7.76. The number of carbonyl (C=O) groups excluding carboxylic acids is 1. The number of carbonyl (C=O) groups is 1. The van der Waals surface area contributed by atoms with Crippen LogP contribution in [-0.2, 0) is 23.5 Å². The molecule has 0 spiro atoms. The molecule has 3 atom stereocenters. The van der Waals surface area contributed by atoms with E-state index in [1.807, 2.05) is 0 Å². The van der Waals surface area contributed by atoms with E-state index in [2.05, 4.69) is 74.7 Å². The lowest BCUT2D eigenvalue weighted by molar-refractivity contribution is -0.126. The van der Waals surface area contributed by atoms with Gasteiger partial charge in [0.05, 0.1) is 29.0 Å². The maximum absolute atomic E-state index is 13.1. The van der Waals surface area contributed by atoms with Gasteiger partial charge < -0.3 is 14.0 Å². The molecule has 1 rings (SSSR count). The Hall–Kier alpha value is -0.846. The Morgan fingerprint density at radius 3 is 1.82 bits per heavy atom. The molecule has 0 aromatic heterocycles. The molecule has 0 aliphatic heterocycles. The fourth-order valence-electron chi connectivity index (χ4n) is 4.10. The van der Waals surface area contributed by atoms with E-state index < -0.39 is 38.0 Å². The van der Waals surface area contributed by atoms with Gasteiger partial charge in [-0.3, -0.25) is 4.79 Å². The third-order valence-corrected chi connectivity index (χ3v) is 20.1. The number of hydrogen-bond donors (Lipinski definition) is 1. The zero-order valence-corrected chi connectivity index (χ0v) is 30.4. The van der Waals surface area contributed by atoms with Crippen molar-refractivity contribution in [2.24, 2.45) is 5.41 Å². The average Bonchev–Trinajstić information content (AvgIpc) is 2.76. The normalized spacial score (nSPS) is 16.4. The van der Waals surface area contributed by atoms with Crippen molar-refractivity contribution in [3.63, 3.8) is 0 Å². The molecule has 232 valence electrons. The molecule has 0 aliphatic carbocycles. The van der Waals surface area contributed by atoms with Crippen molar-refractivity contribution < 1.29 is 27.2 Å². The fourth-order valence-corrected chi connectivity index (χ4v) is 8.78. The Labute approximate surface area is 247 Å². The predicted molar refractivity (Wildman–Crippen MR) is 172 cm³/mol. The molecule has 0 fully saturated rings. The van der Waals surface area contributed by atoms with E-state index in [0.717, 1.165) is 0 Å². The molecule has 0 amide bonds. The molecule has 40 heavy (non-hydrogen) atoms. The van der Waals surface area contributed by atoms with Gasteiger partial charge >= 0.3 is 0 Å². The van der Waals surface area contributed by atoms with E-state index in [4.69, 9.17) is 8.85 Å². The van der Waals surface area contributed by atoms with Gasteiger partial charge in [-0.1, -0.05) is 73.6 Å². The monoisotopic (exact) mass is 614 g/mol. The number of ketones is 1. The molecule has 1 aromatic carbocycles. The molecule has 0 unspecified atom stereocenters. The van der Waals surface area contributed by atoms with Gasteiger partial charge in [-0.2, -0.15) is 0 Å². The van der Waals surface area contributed by atoms with Crippen LogP contribution in [0.5, 0.6) is 0 Å². The summed E-state index contributed by atoms with van der Waals surface area (Å²) < 4.78 is 39.2. The number of Topliss-reactive ketones (excluding diaryl/α,β-unsaturated/α-hetero) is 1. The highest BCUT2D eigenvalue weighted by Gasteiger charge is 2.44. The van der Waals surface area contributed by atoms with Crippen molar-refractivity contribution in [3.05, 3.63) is 30.3 Å². The lowest BCUT2D eigenvalue weighted by Gasteiger charge is -2.44. The van der Waals surface area contributed by atoms with E-state index in [1.165, 1.54) is 0 Å². The summed E-state index contributed by atoms with van der Waals surface area (Å²) in [5.41, 5.74) is -1.01. The van der Waals surface area contributed by atoms with Crippen LogP contribution >= 0.6 is 0 Å². The highest BCUT2D eigenvalue weighted by atomic mass is 32.2. The molecule has 1 N–H and O–H groups in total. The number of sulfone groups is 1. The molecule has 0 saturated heterocycles. The maximum atomic E-state index is 13.1. The second-order valence-corrected chi connectivity index (χ2v) is 26.7. The summed E-state index contributed by atoms with van der Waals surface area (Å²) in [5, 5.41) is 11.1. The first-order valence-electron chi connectivity index (χ1n) is 14.7. The van der Waals surface area contributed by atoms with Crippen LogP contribution in [0.25, 0.3) is 0 Å². The summed E-state index contributed by atoms with van der Waals surface area (Å²) in [5.74, 6) is -0.348. The Balaban J connectivity index is 2.89. The van der Waals surface area contributed by atoms with Crippen LogP contribution in [0.15, 0.2) is 35.2 Å². The van der Waals surface area contributed by atoms with E-state index in [1.54, 1.807) is 44.2 Å². The predicted octanol–water partition coefficient (Wildman–Crippen LogP) is 7.78. The van der Waals surface area contributed by atoms with Gasteiger partial charge in [0.15, 0.2) is 26.5 Å². The lowest BCUT2D eigenvalue weighted by Crippen LogP contribution is -2.51. The Bertz CT molecular complexity index is 1050. The lowest BCUT2D eigenvalue weighted by atomic mass is 9.87. The molecular weight excluding hydrogens is 557 g/mol. The zero-order valence-electron chi connectivity index (χ0n) is 27.6. The second kappa shape index (κ2) is 13.6. The van der Waals surface area contributed by atoms with Crippen molar-refractivity contribution in [1.82, 2.24) is 0 Å². The van der Waals surface area contributed by atoms with Gasteiger partial charge in [0.25, 0.3) is 0 Å². The van der Waals surface area contributed by atoms with E-state index in [9.17, 15) is 18.3 Å². The minimum Gasteiger partial charge on any atom is -0.412 e. The van der Waals surface area contributed by atoms with Gasteiger partial charge in [0.1, 0.15) is 5.78 Å². The quantitative estimate of drug-likeness (QED) is 0.203. The topological polar surface area (TPSA) is 89.9 Å². The van der Waals surface area contributed by atoms with Gasteiger partial charge in [0.2, 0.25) is 0 Å². The van der Waals surface area contributed by atoms with Gasteiger partial charge in [0, 0.05) is 18.3 Å². The highest BCUT2D eigenvalue weighted by molar-refractivity contribution is 7.91. The summed E-state index contributed by atoms with van der Waals surface area (Å²) in [6.45, 7) is 27.6. The number of aliphatic hydroxyl groups excluding tert-OH is 1. The van der Waals surface area contributed by atoms with Crippen LogP contribution in [-0.4, -0.2) is 60.0 Å². The van der Waals surface area contributed by atoms with Crippen LogP contribution in [0, 0.1) is 5.41 Å². The molecule has 9 heteroatoms. The minimum atomic E-state index is -3.58. The first kappa shape index (κ1) is 37.2. The number of hydrogen-bond acceptors (Lipinski definition) is 6. The van der Waals surface area contributed by atoms with E-state index in [0.29, 0.717) is 19.3 Å². The molecule has 1 aromatic rings. The second-order valence-electron chi connectivity index (χ2n) is 15.2. The summed E-state index contributed by atoms with van der Waals surface area (Å²) >= 11 is 0.